The smallest absolute Gasteiger partial charge is 0.325 e. The molecule has 0 unspecified atom stereocenters. The molecular weight excluding hydrogens is 262 g/mol. The summed E-state index contributed by atoms with van der Waals surface area (Å²) in [5, 5.41) is 2.72. The van der Waals surface area contributed by atoms with Gasteiger partial charge in [0.25, 0.3) is 10.9 Å². The number of piperazine rings is 1. The zero-order chi connectivity index (χ0) is 14.7. The number of ether oxygens (including phenoxy) is 1. The Hall–Kier alpha value is -1.89. The van der Waals surface area contributed by atoms with Crippen LogP contribution in [0, 0.1) is 0 Å². The van der Waals surface area contributed by atoms with Crippen molar-refractivity contribution < 1.29 is 9.53 Å². The number of esters is 1. The van der Waals surface area contributed by atoms with Gasteiger partial charge in [-0.25, -0.2) is 0 Å². The highest BCUT2D eigenvalue weighted by molar-refractivity contribution is 5.81. The van der Waals surface area contributed by atoms with E-state index in [0.717, 1.165) is 13.1 Å². The van der Waals surface area contributed by atoms with Crippen LogP contribution in [0.2, 0.25) is 0 Å². The Morgan fingerprint density at radius 2 is 1.85 bits per heavy atom. The molecule has 0 bridgehead atoms. The lowest BCUT2D eigenvalue weighted by Crippen LogP contribution is -2.50. The summed E-state index contributed by atoms with van der Waals surface area (Å²) in [4.78, 5) is 38.6. The number of likely N-dealkylation sites (N-methyl/N-ethyl adjacent to an activating group) is 1. The minimum absolute atomic E-state index is 0.0978. The molecule has 1 saturated heterocycles. The van der Waals surface area contributed by atoms with E-state index in [9.17, 15) is 14.4 Å². The average Bonchev–Trinajstić information content (AvgIpc) is 2.44. The van der Waals surface area contributed by atoms with Gasteiger partial charge in [0.15, 0.2) is 0 Å². The molecule has 1 heterocycles. The van der Waals surface area contributed by atoms with E-state index >= 15 is 0 Å². The third kappa shape index (κ3) is 2.82. The second kappa shape index (κ2) is 6.04. The van der Waals surface area contributed by atoms with Crippen molar-refractivity contribution in [3.05, 3.63) is 20.4 Å². The highest BCUT2D eigenvalue weighted by Gasteiger charge is 2.28. The number of nitrogens with zero attached hydrogens (tertiary/aromatic N) is 2. The monoisotopic (exact) mass is 281 g/mol. The Balaban J connectivity index is 2.04. The summed E-state index contributed by atoms with van der Waals surface area (Å²) < 4.78 is 4.78. The van der Waals surface area contributed by atoms with Crippen molar-refractivity contribution in [1.82, 2.24) is 4.90 Å². The van der Waals surface area contributed by atoms with Crippen LogP contribution in [0.25, 0.3) is 0 Å². The van der Waals surface area contributed by atoms with Gasteiger partial charge in [-0.05, 0) is 14.0 Å². The van der Waals surface area contributed by atoms with Crippen molar-refractivity contribution in [2.45, 2.75) is 6.92 Å². The van der Waals surface area contributed by atoms with Gasteiger partial charge < -0.3 is 19.9 Å². The zero-order valence-electron chi connectivity index (χ0n) is 11.8. The fourth-order valence-corrected chi connectivity index (χ4v) is 2.25. The Labute approximate surface area is 116 Å². The minimum Gasteiger partial charge on any atom is -0.465 e. The van der Waals surface area contributed by atoms with Gasteiger partial charge in [0, 0.05) is 26.2 Å². The number of anilines is 2. The Morgan fingerprint density at radius 3 is 2.45 bits per heavy atom. The molecule has 0 atom stereocenters. The lowest BCUT2D eigenvalue weighted by atomic mass is 10.1. The van der Waals surface area contributed by atoms with Crippen LogP contribution in [0.1, 0.15) is 6.92 Å². The van der Waals surface area contributed by atoms with Crippen LogP contribution in [0.15, 0.2) is 9.59 Å². The molecule has 7 nitrogen and oxygen atoms in total. The maximum Gasteiger partial charge on any atom is 0.325 e. The van der Waals surface area contributed by atoms with Gasteiger partial charge >= 0.3 is 5.97 Å². The van der Waals surface area contributed by atoms with E-state index in [2.05, 4.69) is 10.2 Å². The first kappa shape index (κ1) is 14.5. The summed E-state index contributed by atoms with van der Waals surface area (Å²) >= 11 is 0. The number of hydrogen-bond donors (Lipinski definition) is 1. The van der Waals surface area contributed by atoms with E-state index in [1.165, 1.54) is 0 Å². The fourth-order valence-electron chi connectivity index (χ4n) is 2.25. The van der Waals surface area contributed by atoms with Crippen LogP contribution in [-0.2, 0) is 9.53 Å². The van der Waals surface area contributed by atoms with Crippen molar-refractivity contribution >= 4 is 17.3 Å². The van der Waals surface area contributed by atoms with Gasteiger partial charge in [-0.15, -0.1) is 0 Å². The summed E-state index contributed by atoms with van der Waals surface area (Å²) in [6, 6.07) is 0. The molecule has 2 rings (SSSR count). The molecule has 0 aromatic heterocycles. The van der Waals surface area contributed by atoms with Crippen molar-refractivity contribution in [2.24, 2.45) is 0 Å². The summed E-state index contributed by atoms with van der Waals surface area (Å²) in [5.74, 6) is -0.440. The standard InChI is InChI=1S/C13H19N3O4/c1-3-20-9(17)8-14-10-11(13(19)12(10)18)16-6-4-15(2)5-7-16/h14H,3-8H2,1-2H3. The number of carbonyl (C=O) groups is 1. The molecule has 1 N–H and O–H groups in total. The van der Waals surface area contributed by atoms with Crippen molar-refractivity contribution in [3.63, 3.8) is 0 Å². The second-order valence-electron chi connectivity index (χ2n) is 4.83. The molecule has 0 amide bonds. The summed E-state index contributed by atoms with van der Waals surface area (Å²) in [6.45, 7) is 5.00. The van der Waals surface area contributed by atoms with Crippen molar-refractivity contribution in [2.75, 3.05) is 56.6 Å². The first-order chi connectivity index (χ1) is 9.54. The third-order valence-electron chi connectivity index (χ3n) is 3.42. The highest BCUT2D eigenvalue weighted by atomic mass is 16.5. The van der Waals surface area contributed by atoms with E-state index in [1.54, 1.807) is 6.92 Å². The summed E-state index contributed by atoms with van der Waals surface area (Å²) in [5.41, 5.74) is -0.371. The molecular formula is C13H19N3O4. The highest BCUT2D eigenvalue weighted by Crippen LogP contribution is 2.21. The van der Waals surface area contributed by atoms with Gasteiger partial charge in [-0.2, -0.15) is 0 Å². The SMILES string of the molecule is CCOC(=O)CNc1c(N2CCN(C)CC2)c(=O)c1=O. The topological polar surface area (TPSA) is 79.0 Å². The molecule has 7 heteroatoms. The van der Waals surface area contributed by atoms with Crippen LogP contribution in [-0.4, -0.2) is 57.2 Å². The Morgan fingerprint density at radius 1 is 1.20 bits per heavy atom. The largest absolute Gasteiger partial charge is 0.465 e. The molecule has 1 aliphatic heterocycles. The van der Waals surface area contributed by atoms with Crippen molar-refractivity contribution in [1.29, 1.82) is 0 Å². The Bertz CT molecular complexity index is 554. The van der Waals surface area contributed by atoms with Crippen LogP contribution in [0.4, 0.5) is 11.4 Å². The van der Waals surface area contributed by atoms with Gasteiger partial charge in [-0.3, -0.25) is 14.4 Å². The van der Waals surface area contributed by atoms with Gasteiger partial charge in [0.1, 0.15) is 17.9 Å². The molecule has 1 aromatic carbocycles. The maximum atomic E-state index is 11.7. The molecule has 0 spiro atoms. The Kier molecular flexibility index (Phi) is 4.39. The normalized spacial score (nSPS) is 16.4. The van der Waals surface area contributed by atoms with E-state index < -0.39 is 16.8 Å². The first-order valence-corrected chi connectivity index (χ1v) is 6.71. The number of hydrogen-bond acceptors (Lipinski definition) is 7. The third-order valence-corrected chi connectivity index (χ3v) is 3.42. The first-order valence-electron chi connectivity index (χ1n) is 6.71. The predicted octanol–water partition coefficient (Wildman–Crippen LogP) is -0.991. The van der Waals surface area contributed by atoms with Crippen LogP contribution in [0.3, 0.4) is 0 Å². The molecule has 0 saturated carbocycles. The lowest BCUT2D eigenvalue weighted by molar-refractivity contribution is -0.140. The molecule has 110 valence electrons. The summed E-state index contributed by atoms with van der Waals surface area (Å²) in [6.07, 6.45) is 0. The fraction of sp³-hybridized carbons (Fsp3) is 0.615. The van der Waals surface area contributed by atoms with Gasteiger partial charge in [-0.1, -0.05) is 0 Å². The average molecular weight is 281 g/mol. The minimum atomic E-state index is -0.553. The van der Waals surface area contributed by atoms with E-state index in [4.69, 9.17) is 4.74 Å². The zero-order valence-corrected chi connectivity index (χ0v) is 11.8. The molecule has 1 aromatic rings. The van der Waals surface area contributed by atoms with Gasteiger partial charge in [0.05, 0.1) is 6.61 Å². The van der Waals surface area contributed by atoms with Gasteiger partial charge in [0.2, 0.25) is 0 Å². The van der Waals surface area contributed by atoms with Crippen LogP contribution in [0.5, 0.6) is 0 Å². The molecule has 0 radical (unpaired) electrons. The second-order valence-corrected chi connectivity index (χ2v) is 4.83. The van der Waals surface area contributed by atoms with E-state index in [1.807, 2.05) is 11.9 Å². The molecule has 1 aliphatic rings. The van der Waals surface area contributed by atoms with E-state index in [-0.39, 0.29) is 18.8 Å². The number of carbonyl (C=O) groups excluding carboxylic acids is 1. The number of rotatable bonds is 5. The molecule has 20 heavy (non-hydrogen) atoms. The molecule has 1 fully saturated rings. The molecule has 0 aliphatic carbocycles. The maximum absolute atomic E-state index is 11.7. The van der Waals surface area contributed by atoms with E-state index in [0.29, 0.717) is 18.8 Å². The van der Waals surface area contributed by atoms with Crippen LogP contribution < -0.4 is 21.1 Å². The number of nitrogens with one attached hydrogen (secondary N) is 1. The summed E-state index contributed by atoms with van der Waals surface area (Å²) in [7, 11) is 2.01. The van der Waals surface area contributed by atoms with Crippen molar-refractivity contribution in [3.8, 4) is 0 Å². The predicted molar refractivity (Wildman–Crippen MR) is 76.2 cm³/mol. The van der Waals surface area contributed by atoms with Crippen LogP contribution >= 0.6 is 0 Å². The quantitative estimate of drug-likeness (QED) is 0.548. The lowest BCUT2D eigenvalue weighted by Gasteiger charge is -2.35.